The van der Waals surface area contributed by atoms with Crippen molar-refractivity contribution in [2.75, 3.05) is 13.1 Å². The number of hydrogen-bond acceptors (Lipinski definition) is 5. The molecule has 1 N–H and O–H groups in total. The number of rotatable bonds is 3. The van der Waals surface area contributed by atoms with E-state index in [2.05, 4.69) is 14.7 Å². The Morgan fingerprint density at radius 2 is 2.00 bits per heavy atom. The highest BCUT2D eigenvalue weighted by molar-refractivity contribution is 5.21. The van der Waals surface area contributed by atoms with Crippen LogP contribution in [0.1, 0.15) is 29.6 Å². The molecule has 1 aromatic carbocycles. The molecule has 0 unspecified atom stereocenters. The normalized spacial score (nSPS) is 23.1. The van der Waals surface area contributed by atoms with Crippen LogP contribution in [0.4, 0.5) is 13.2 Å². The lowest BCUT2D eigenvalue weighted by molar-refractivity contribution is -0.146. The number of aliphatic hydroxyl groups excluding tert-OH is 1. The maximum atomic E-state index is 12.4. The van der Waals surface area contributed by atoms with Crippen molar-refractivity contribution in [1.82, 2.24) is 15.0 Å². The number of nitrogens with zero attached hydrogens (tertiary/aromatic N) is 3. The van der Waals surface area contributed by atoms with Crippen LogP contribution in [0.2, 0.25) is 0 Å². The number of piperidine rings is 1. The predicted molar refractivity (Wildman–Crippen MR) is 74.4 cm³/mol. The van der Waals surface area contributed by atoms with Gasteiger partial charge >= 0.3 is 6.18 Å². The zero-order chi connectivity index (χ0) is 16.4. The van der Waals surface area contributed by atoms with E-state index >= 15 is 0 Å². The van der Waals surface area contributed by atoms with E-state index < -0.39 is 18.1 Å². The number of alkyl halides is 3. The molecule has 2 atom stereocenters. The summed E-state index contributed by atoms with van der Waals surface area (Å²) in [6.07, 6.45) is -4.48. The van der Waals surface area contributed by atoms with Gasteiger partial charge in [0.15, 0.2) is 0 Å². The predicted octanol–water partition coefficient (Wildman–Crippen LogP) is 2.44. The van der Waals surface area contributed by atoms with Crippen LogP contribution in [0.5, 0.6) is 0 Å². The zero-order valence-corrected chi connectivity index (χ0v) is 12.2. The van der Waals surface area contributed by atoms with Crippen molar-refractivity contribution < 1.29 is 22.8 Å². The standard InChI is InChI=1S/C15H16F3N3O2/c16-15(17,18)14-19-13(23-20-14)9-21-7-6-11(12(22)8-21)10-4-2-1-3-5-10/h1-5,11-12,22H,6-9H2/t11-,12-/m1/s1. The number of hydrogen-bond donors (Lipinski definition) is 1. The first-order valence-electron chi connectivity index (χ1n) is 7.28. The molecule has 0 spiro atoms. The third-order valence-electron chi connectivity index (χ3n) is 3.97. The molecular weight excluding hydrogens is 311 g/mol. The molecule has 0 aliphatic carbocycles. The Morgan fingerprint density at radius 1 is 1.26 bits per heavy atom. The van der Waals surface area contributed by atoms with Gasteiger partial charge in [-0.3, -0.25) is 4.90 Å². The molecule has 0 bridgehead atoms. The fourth-order valence-corrected chi connectivity index (χ4v) is 2.86. The van der Waals surface area contributed by atoms with Gasteiger partial charge in [-0.25, -0.2) is 0 Å². The lowest BCUT2D eigenvalue weighted by Gasteiger charge is -2.35. The smallest absolute Gasteiger partial charge is 0.391 e. The van der Waals surface area contributed by atoms with Crippen molar-refractivity contribution >= 4 is 0 Å². The van der Waals surface area contributed by atoms with Crippen molar-refractivity contribution in [3.05, 3.63) is 47.6 Å². The first kappa shape index (κ1) is 15.9. The number of benzene rings is 1. The fraction of sp³-hybridized carbons (Fsp3) is 0.467. The molecule has 0 saturated carbocycles. The SMILES string of the molecule is O[C@@H]1CN(Cc2nc(C(F)(F)F)no2)CC[C@@H]1c1ccccc1. The van der Waals surface area contributed by atoms with Crippen LogP contribution < -0.4 is 0 Å². The Bertz CT molecular complexity index is 645. The van der Waals surface area contributed by atoms with E-state index in [0.29, 0.717) is 19.5 Å². The number of β-amino-alcohol motifs (C(OH)–C–C–N with tert-alkyl or cyclic N) is 1. The number of aromatic nitrogens is 2. The molecule has 1 fully saturated rings. The second-order valence-corrected chi connectivity index (χ2v) is 5.62. The van der Waals surface area contributed by atoms with Crippen LogP contribution in [0.15, 0.2) is 34.9 Å². The summed E-state index contributed by atoms with van der Waals surface area (Å²) in [4.78, 5) is 5.17. The van der Waals surface area contributed by atoms with E-state index in [9.17, 15) is 18.3 Å². The quantitative estimate of drug-likeness (QED) is 0.938. The van der Waals surface area contributed by atoms with Crippen molar-refractivity contribution in [2.45, 2.75) is 31.2 Å². The third kappa shape index (κ3) is 3.70. The topological polar surface area (TPSA) is 62.4 Å². The summed E-state index contributed by atoms with van der Waals surface area (Å²) in [5.74, 6) is -1.34. The van der Waals surface area contributed by atoms with Gasteiger partial charge in [0, 0.05) is 12.5 Å². The second kappa shape index (κ2) is 6.29. The van der Waals surface area contributed by atoms with Gasteiger partial charge < -0.3 is 9.63 Å². The van der Waals surface area contributed by atoms with E-state index in [0.717, 1.165) is 5.56 Å². The van der Waals surface area contributed by atoms with Crippen molar-refractivity contribution in [1.29, 1.82) is 0 Å². The minimum Gasteiger partial charge on any atom is -0.391 e. The molecule has 2 heterocycles. The van der Waals surface area contributed by atoms with Crippen molar-refractivity contribution in [3.8, 4) is 0 Å². The Morgan fingerprint density at radius 3 is 2.61 bits per heavy atom. The highest BCUT2D eigenvalue weighted by Crippen LogP contribution is 2.30. The zero-order valence-electron chi connectivity index (χ0n) is 12.2. The lowest BCUT2D eigenvalue weighted by atomic mass is 9.87. The van der Waals surface area contributed by atoms with Crippen LogP contribution in [0, 0.1) is 0 Å². The molecule has 0 amide bonds. The third-order valence-corrected chi connectivity index (χ3v) is 3.97. The average Bonchev–Trinajstić information content (AvgIpc) is 2.97. The van der Waals surface area contributed by atoms with Crippen LogP contribution in [0.25, 0.3) is 0 Å². The average molecular weight is 327 g/mol. The van der Waals surface area contributed by atoms with Crippen LogP contribution >= 0.6 is 0 Å². The van der Waals surface area contributed by atoms with Gasteiger partial charge in [-0.2, -0.15) is 18.2 Å². The maximum Gasteiger partial charge on any atom is 0.455 e. The van der Waals surface area contributed by atoms with Gasteiger partial charge in [-0.05, 0) is 18.5 Å². The van der Waals surface area contributed by atoms with Crippen LogP contribution in [-0.4, -0.2) is 39.3 Å². The minimum atomic E-state index is -4.61. The second-order valence-electron chi connectivity index (χ2n) is 5.62. The monoisotopic (exact) mass is 327 g/mol. The van der Waals surface area contributed by atoms with E-state index in [-0.39, 0.29) is 18.4 Å². The molecule has 8 heteroatoms. The summed E-state index contributed by atoms with van der Waals surface area (Å²) in [6.45, 7) is 1.09. The van der Waals surface area contributed by atoms with Gasteiger partial charge in [0.25, 0.3) is 5.82 Å². The molecule has 0 radical (unpaired) electrons. The summed E-state index contributed by atoms with van der Waals surface area (Å²) in [7, 11) is 0. The molecule has 1 aliphatic heterocycles. The summed E-state index contributed by atoms with van der Waals surface area (Å²) in [5.41, 5.74) is 1.07. The lowest BCUT2D eigenvalue weighted by Crippen LogP contribution is -2.42. The largest absolute Gasteiger partial charge is 0.455 e. The molecule has 5 nitrogen and oxygen atoms in total. The van der Waals surface area contributed by atoms with Gasteiger partial charge in [0.2, 0.25) is 5.89 Å². The van der Waals surface area contributed by atoms with Crippen molar-refractivity contribution in [2.24, 2.45) is 0 Å². The molecule has 1 aromatic heterocycles. The summed E-state index contributed by atoms with van der Waals surface area (Å²) in [6, 6.07) is 9.70. The van der Waals surface area contributed by atoms with Gasteiger partial charge in [0.1, 0.15) is 0 Å². The van der Waals surface area contributed by atoms with E-state index in [4.69, 9.17) is 0 Å². The number of halogens is 3. The maximum absolute atomic E-state index is 12.4. The molecule has 1 aliphatic rings. The van der Waals surface area contributed by atoms with E-state index in [1.54, 1.807) is 0 Å². The Balaban J connectivity index is 1.61. The van der Waals surface area contributed by atoms with E-state index in [1.807, 2.05) is 35.2 Å². The van der Waals surface area contributed by atoms with Crippen LogP contribution in [0.3, 0.4) is 0 Å². The molecule has 23 heavy (non-hydrogen) atoms. The number of aliphatic hydroxyl groups is 1. The number of likely N-dealkylation sites (tertiary alicyclic amines) is 1. The Labute approximate surface area is 130 Å². The molecule has 1 saturated heterocycles. The van der Waals surface area contributed by atoms with E-state index in [1.165, 1.54) is 0 Å². The first-order valence-corrected chi connectivity index (χ1v) is 7.28. The summed E-state index contributed by atoms with van der Waals surface area (Å²) < 4.78 is 42.0. The molecule has 124 valence electrons. The molecular formula is C15H16F3N3O2. The minimum absolute atomic E-state index is 0.0286. The molecule has 2 aromatic rings. The highest BCUT2D eigenvalue weighted by atomic mass is 19.4. The van der Waals surface area contributed by atoms with Gasteiger partial charge in [-0.1, -0.05) is 35.5 Å². The molecule has 3 rings (SSSR count). The summed E-state index contributed by atoms with van der Waals surface area (Å²) in [5, 5.41) is 13.3. The first-order chi connectivity index (χ1) is 10.9. The van der Waals surface area contributed by atoms with Gasteiger partial charge in [-0.15, -0.1) is 0 Å². The van der Waals surface area contributed by atoms with Gasteiger partial charge in [0.05, 0.1) is 12.6 Å². The highest BCUT2D eigenvalue weighted by Gasteiger charge is 2.37. The summed E-state index contributed by atoms with van der Waals surface area (Å²) >= 11 is 0. The Hall–Kier alpha value is -1.93. The van der Waals surface area contributed by atoms with Crippen molar-refractivity contribution in [3.63, 3.8) is 0 Å². The van der Waals surface area contributed by atoms with Crippen LogP contribution in [-0.2, 0) is 12.7 Å². The Kier molecular flexibility index (Phi) is 4.36. The fourth-order valence-electron chi connectivity index (χ4n) is 2.86.